The van der Waals surface area contributed by atoms with Gasteiger partial charge in [-0.2, -0.15) is 0 Å². The van der Waals surface area contributed by atoms with E-state index in [2.05, 4.69) is 207 Å². The summed E-state index contributed by atoms with van der Waals surface area (Å²) in [6.07, 6.45) is 0. The SMILES string of the molecule is CC1(C)c2ccccc2-c2cc3c(cc21)c1cc(-c2ccc4c(c2)c2cc5c(cc2n4-c2ccccc2)-c2ccccc2C5(C)C)ccc1n3-c1ccccc1. The Hall–Kier alpha value is -6.64. The number of hydrogen-bond donors (Lipinski definition) is 0. The lowest BCUT2D eigenvalue weighted by Gasteiger charge is -2.21. The van der Waals surface area contributed by atoms with E-state index >= 15 is 0 Å². The summed E-state index contributed by atoms with van der Waals surface area (Å²) in [6.45, 7) is 9.51. The van der Waals surface area contributed by atoms with Crippen molar-refractivity contribution in [2.45, 2.75) is 38.5 Å². The van der Waals surface area contributed by atoms with Gasteiger partial charge in [-0.25, -0.2) is 0 Å². The Morgan fingerprint density at radius 1 is 0.304 bits per heavy atom. The molecule has 8 aromatic carbocycles. The summed E-state index contributed by atoms with van der Waals surface area (Å²) in [5.41, 5.74) is 20.6. The summed E-state index contributed by atoms with van der Waals surface area (Å²) < 4.78 is 4.92. The van der Waals surface area contributed by atoms with Crippen LogP contribution in [0.25, 0.3) is 88.4 Å². The van der Waals surface area contributed by atoms with Gasteiger partial charge in [0.1, 0.15) is 0 Å². The molecule has 2 aliphatic rings. The molecule has 0 atom stereocenters. The summed E-state index contributed by atoms with van der Waals surface area (Å²) in [5, 5.41) is 5.15. The van der Waals surface area contributed by atoms with Crippen LogP contribution in [-0.2, 0) is 10.8 Å². The Balaban J connectivity index is 1.11. The van der Waals surface area contributed by atoms with Crippen molar-refractivity contribution in [1.29, 1.82) is 0 Å². The third-order valence-corrected chi connectivity index (χ3v) is 13.3. The highest BCUT2D eigenvalue weighted by atomic mass is 15.0. The first-order valence-electron chi connectivity index (χ1n) is 19.9. The van der Waals surface area contributed by atoms with Crippen LogP contribution < -0.4 is 0 Å². The average molecular weight is 717 g/mol. The fourth-order valence-corrected chi connectivity index (χ4v) is 10.5. The molecule has 0 amide bonds. The molecule has 0 unspecified atom stereocenters. The van der Waals surface area contributed by atoms with E-state index in [1.165, 1.54) is 111 Å². The number of nitrogens with zero attached hydrogens (tertiary/aromatic N) is 2. The number of para-hydroxylation sites is 2. The quantitative estimate of drug-likeness (QED) is 0.172. The van der Waals surface area contributed by atoms with Gasteiger partial charge in [0.15, 0.2) is 0 Å². The van der Waals surface area contributed by atoms with Crippen LogP contribution >= 0.6 is 0 Å². The van der Waals surface area contributed by atoms with Crippen LogP contribution in [0.2, 0.25) is 0 Å². The molecule has 0 bridgehead atoms. The predicted molar refractivity (Wildman–Crippen MR) is 236 cm³/mol. The van der Waals surface area contributed by atoms with Gasteiger partial charge in [0.05, 0.1) is 22.1 Å². The van der Waals surface area contributed by atoms with Gasteiger partial charge in [0.25, 0.3) is 0 Å². The van der Waals surface area contributed by atoms with Gasteiger partial charge >= 0.3 is 0 Å². The highest BCUT2D eigenvalue weighted by molar-refractivity contribution is 6.15. The summed E-state index contributed by atoms with van der Waals surface area (Å²) >= 11 is 0. The molecule has 0 fully saturated rings. The molecule has 2 nitrogen and oxygen atoms in total. The molecule has 12 rings (SSSR count). The van der Waals surface area contributed by atoms with E-state index in [0.717, 1.165) is 0 Å². The second-order valence-electron chi connectivity index (χ2n) is 17.0. The van der Waals surface area contributed by atoms with Crippen molar-refractivity contribution in [2.24, 2.45) is 0 Å². The van der Waals surface area contributed by atoms with Crippen LogP contribution in [0, 0.1) is 0 Å². The molecule has 56 heavy (non-hydrogen) atoms. The minimum absolute atomic E-state index is 0.0764. The van der Waals surface area contributed by atoms with E-state index in [1.807, 2.05) is 0 Å². The van der Waals surface area contributed by atoms with Crippen molar-refractivity contribution in [3.8, 4) is 44.8 Å². The molecular formula is C54H40N2. The molecule has 2 heteroatoms. The van der Waals surface area contributed by atoms with Gasteiger partial charge < -0.3 is 9.13 Å². The molecule has 2 heterocycles. The van der Waals surface area contributed by atoms with Crippen LogP contribution in [0.15, 0.2) is 170 Å². The Morgan fingerprint density at radius 3 is 1.11 bits per heavy atom. The van der Waals surface area contributed by atoms with Crippen LogP contribution in [0.3, 0.4) is 0 Å². The van der Waals surface area contributed by atoms with Gasteiger partial charge in [0.2, 0.25) is 0 Å². The van der Waals surface area contributed by atoms with Crippen molar-refractivity contribution < 1.29 is 0 Å². The van der Waals surface area contributed by atoms with Crippen molar-refractivity contribution in [3.63, 3.8) is 0 Å². The maximum atomic E-state index is 2.49. The van der Waals surface area contributed by atoms with E-state index in [1.54, 1.807) is 0 Å². The molecule has 0 saturated carbocycles. The summed E-state index contributed by atoms with van der Waals surface area (Å²) in [5.74, 6) is 0. The van der Waals surface area contributed by atoms with Crippen molar-refractivity contribution in [1.82, 2.24) is 9.13 Å². The monoisotopic (exact) mass is 716 g/mol. The summed E-state index contributed by atoms with van der Waals surface area (Å²) in [6, 6.07) is 63.7. The lowest BCUT2D eigenvalue weighted by atomic mass is 9.82. The third-order valence-electron chi connectivity index (χ3n) is 13.3. The van der Waals surface area contributed by atoms with Crippen molar-refractivity contribution in [3.05, 3.63) is 192 Å². The van der Waals surface area contributed by atoms with Gasteiger partial charge in [-0.1, -0.05) is 125 Å². The first-order chi connectivity index (χ1) is 27.3. The van der Waals surface area contributed by atoms with E-state index in [9.17, 15) is 0 Å². The van der Waals surface area contributed by atoms with Crippen LogP contribution in [0.1, 0.15) is 49.9 Å². The van der Waals surface area contributed by atoms with Gasteiger partial charge in [-0.3, -0.25) is 0 Å². The van der Waals surface area contributed by atoms with Crippen molar-refractivity contribution >= 4 is 43.6 Å². The molecule has 0 aliphatic heterocycles. The molecule has 2 aromatic heterocycles. The predicted octanol–water partition coefficient (Wildman–Crippen LogP) is 14.2. The highest BCUT2D eigenvalue weighted by Gasteiger charge is 2.37. The molecule has 10 aromatic rings. The van der Waals surface area contributed by atoms with E-state index < -0.39 is 0 Å². The Morgan fingerprint density at radius 2 is 0.679 bits per heavy atom. The smallest absolute Gasteiger partial charge is 0.0547 e. The molecular weight excluding hydrogens is 677 g/mol. The van der Waals surface area contributed by atoms with Gasteiger partial charge in [-0.15, -0.1) is 0 Å². The number of hydrogen-bond acceptors (Lipinski definition) is 0. The van der Waals surface area contributed by atoms with Gasteiger partial charge in [-0.05, 0) is 128 Å². The second kappa shape index (κ2) is 11.0. The highest BCUT2D eigenvalue weighted by Crippen LogP contribution is 2.53. The van der Waals surface area contributed by atoms with Crippen LogP contribution in [0.4, 0.5) is 0 Å². The number of rotatable bonds is 3. The minimum Gasteiger partial charge on any atom is -0.309 e. The standard InChI is InChI=1S/C54H40N2/c1-53(2)45-21-13-11-19-37(45)39-31-51-43(29-47(39)53)41-27-33(23-25-49(41)55(51)35-15-7-5-8-16-35)34-24-26-50-42(28-34)44-30-48-40(38-20-12-14-22-46(38)54(48,3)4)32-52(44)56(50)36-17-9-6-10-18-36/h5-32H,1-4H3. The fraction of sp³-hybridized carbons (Fsp3) is 0.111. The zero-order valence-electron chi connectivity index (χ0n) is 32.1. The molecule has 0 N–H and O–H groups in total. The fourth-order valence-electron chi connectivity index (χ4n) is 10.5. The number of aromatic nitrogens is 2. The number of benzene rings is 8. The minimum atomic E-state index is -0.0764. The largest absolute Gasteiger partial charge is 0.309 e. The number of fused-ring (bicyclic) bond motifs is 12. The molecule has 0 spiro atoms. The normalized spacial score (nSPS) is 14.7. The lowest BCUT2D eigenvalue weighted by Crippen LogP contribution is -2.14. The average Bonchev–Trinajstić information content (AvgIpc) is 3.88. The van der Waals surface area contributed by atoms with Crippen LogP contribution in [-0.4, -0.2) is 9.13 Å². The third kappa shape index (κ3) is 4.11. The van der Waals surface area contributed by atoms with E-state index in [-0.39, 0.29) is 10.8 Å². The van der Waals surface area contributed by atoms with Gasteiger partial charge in [0, 0.05) is 43.7 Å². The zero-order chi connectivity index (χ0) is 37.5. The van der Waals surface area contributed by atoms with E-state index in [4.69, 9.17) is 0 Å². The zero-order valence-corrected chi connectivity index (χ0v) is 32.1. The Labute approximate surface area is 326 Å². The molecule has 0 radical (unpaired) electrons. The van der Waals surface area contributed by atoms with Crippen molar-refractivity contribution in [2.75, 3.05) is 0 Å². The summed E-state index contributed by atoms with van der Waals surface area (Å²) in [4.78, 5) is 0. The Bertz CT molecular complexity index is 3060. The second-order valence-corrected chi connectivity index (χ2v) is 17.0. The molecule has 2 aliphatic carbocycles. The molecule has 0 saturated heterocycles. The topological polar surface area (TPSA) is 9.86 Å². The Kier molecular flexibility index (Phi) is 6.22. The van der Waals surface area contributed by atoms with Crippen LogP contribution in [0.5, 0.6) is 0 Å². The maximum absolute atomic E-state index is 2.49. The maximum Gasteiger partial charge on any atom is 0.0547 e. The van der Waals surface area contributed by atoms with E-state index in [0.29, 0.717) is 0 Å². The molecule has 266 valence electrons. The first kappa shape index (κ1) is 31.7. The summed E-state index contributed by atoms with van der Waals surface area (Å²) in [7, 11) is 0. The lowest BCUT2D eigenvalue weighted by molar-refractivity contribution is 0.661. The first-order valence-corrected chi connectivity index (χ1v) is 19.9.